The summed E-state index contributed by atoms with van der Waals surface area (Å²) >= 11 is 0. The van der Waals surface area contributed by atoms with Gasteiger partial charge in [-0.3, -0.25) is 9.59 Å². The molecule has 2 amide bonds. The molecule has 0 radical (unpaired) electrons. The van der Waals surface area contributed by atoms with Gasteiger partial charge in [-0.25, -0.2) is 4.98 Å². The summed E-state index contributed by atoms with van der Waals surface area (Å²) in [6.07, 6.45) is 1.86. The van der Waals surface area contributed by atoms with Crippen LogP contribution in [0.1, 0.15) is 30.6 Å². The molecule has 0 fully saturated rings. The number of benzene rings is 1. The number of hydrogen-bond donors (Lipinski definition) is 3. The normalized spacial score (nSPS) is 10.8. The van der Waals surface area contributed by atoms with Crippen molar-refractivity contribution in [3.05, 3.63) is 30.1 Å². The second-order valence-corrected chi connectivity index (χ2v) is 4.86. The minimum absolute atomic E-state index is 0.0654. The molecule has 0 unspecified atom stereocenters. The van der Waals surface area contributed by atoms with Gasteiger partial charge in [-0.15, -0.1) is 0 Å². The molecule has 0 aliphatic carbocycles. The van der Waals surface area contributed by atoms with Gasteiger partial charge >= 0.3 is 0 Å². The van der Waals surface area contributed by atoms with Crippen LogP contribution in [-0.4, -0.2) is 34.4 Å². The summed E-state index contributed by atoms with van der Waals surface area (Å²) in [5, 5.41) is 5.50. The number of H-pyrrole nitrogens is 1. The Hall–Kier alpha value is -2.37. The molecule has 1 heterocycles. The fourth-order valence-electron chi connectivity index (χ4n) is 1.86. The Labute approximate surface area is 117 Å². The number of aromatic nitrogens is 2. The molecule has 2 rings (SSSR count). The SMILES string of the molecule is CC(C)NC(=O)CCNC(=O)c1ccc2nc[nH]c2c1. The molecule has 0 bridgehead atoms. The van der Waals surface area contributed by atoms with Crippen LogP contribution in [0.3, 0.4) is 0 Å². The van der Waals surface area contributed by atoms with E-state index in [0.29, 0.717) is 12.1 Å². The number of aromatic amines is 1. The zero-order valence-corrected chi connectivity index (χ0v) is 11.6. The molecular weight excluding hydrogens is 256 g/mol. The van der Waals surface area contributed by atoms with Gasteiger partial charge < -0.3 is 15.6 Å². The number of imidazole rings is 1. The summed E-state index contributed by atoms with van der Waals surface area (Å²) in [5.74, 6) is -0.261. The van der Waals surface area contributed by atoms with Crippen LogP contribution in [-0.2, 0) is 4.79 Å². The average molecular weight is 274 g/mol. The van der Waals surface area contributed by atoms with E-state index in [4.69, 9.17) is 0 Å². The lowest BCUT2D eigenvalue weighted by Crippen LogP contribution is -2.34. The summed E-state index contributed by atoms with van der Waals surface area (Å²) < 4.78 is 0. The van der Waals surface area contributed by atoms with Gasteiger partial charge in [0.05, 0.1) is 17.4 Å². The Bertz CT molecular complexity index is 618. The first-order valence-corrected chi connectivity index (χ1v) is 6.57. The average Bonchev–Trinajstić information content (AvgIpc) is 2.84. The number of carbonyl (C=O) groups is 2. The lowest BCUT2D eigenvalue weighted by Gasteiger charge is -2.09. The number of carbonyl (C=O) groups excluding carboxylic acids is 2. The topological polar surface area (TPSA) is 86.9 Å². The molecule has 1 aromatic heterocycles. The van der Waals surface area contributed by atoms with Crippen molar-refractivity contribution in [3.63, 3.8) is 0 Å². The molecule has 0 aliphatic heterocycles. The van der Waals surface area contributed by atoms with Crippen LogP contribution in [0.15, 0.2) is 24.5 Å². The summed E-state index contributed by atoms with van der Waals surface area (Å²) in [5.41, 5.74) is 2.18. The minimum atomic E-state index is -0.196. The predicted octanol–water partition coefficient (Wildman–Crippen LogP) is 1.21. The highest BCUT2D eigenvalue weighted by Gasteiger charge is 2.08. The van der Waals surface area contributed by atoms with E-state index in [-0.39, 0.29) is 24.3 Å². The van der Waals surface area contributed by atoms with E-state index in [9.17, 15) is 9.59 Å². The third-order valence-electron chi connectivity index (χ3n) is 2.77. The summed E-state index contributed by atoms with van der Waals surface area (Å²) in [4.78, 5) is 30.4. The standard InChI is InChI=1S/C14H18N4O2/c1-9(2)18-13(19)5-6-15-14(20)10-3-4-11-12(7-10)17-8-16-11/h3-4,7-9H,5-6H2,1-2H3,(H,15,20)(H,16,17)(H,18,19). The molecule has 0 spiro atoms. The number of fused-ring (bicyclic) bond motifs is 1. The molecule has 6 heteroatoms. The van der Waals surface area contributed by atoms with Crippen molar-refractivity contribution in [1.82, 2.24) is 20.6 Å². The van der Waals surface area contributed by atoms with Crippen molar-refractivity contribution < 1.29 is 9.59 Å². The van der Waals surface area contributed by atoms with Gasteiger partial charge in [-0.2, -0.15) is 0 Å². The van der Waals surface area contributed by atoms with Crippen molar-refractivity contribution in [2.75, 3.05) is 6.54 Å². The van der Waals surface area contributed by atoms with E-state index < -0.39 is 0 Å². The fourth-order valence-corrected chi connectivity index (χ4v) is 1.86. The number of amides is 2. The highest BCUT2D eigenvalue weighted by Crippen LogP contribution is 2.11. The van der Waals surface area contributed by atoms with Crippen molar-refractivity contribution in [3.8, 4) is 0 Å². The van der Waals surface area contributed by atoms with Crippen LogP contribution in [0.5, 0.6) is 0 Å². The van der Waals surface area contributed by atoms with E-state index in [1.54, 1.807) is 24.5 Å². The van der Waals surface area contributed by atoms with Gasteiger partial charge in [0, 0.05) is 24.6 Å². The first-order chi connectivity index (χ1) is 9.56. The summed E-state index contributed by atoms with van der Waals surface area (Å²) in [7, 11) is 0. The van der Waals surface area contributed by atoms with Gasteiger partial charge in [0.25, 0.3) is 5.91 Å². The molecule has 0 aliphatic rings. The van der Waals surface area contributed by atoms with Crippen LogP contribution in [0.4, 0.5) is 0 Å². The quantitative estimate of drug-likeness (QED) is 0.766. The highest BCUT2D eigenvalue weighted by molar-refractivity contribution is 5.97. The second-order valence-electron chi connectivity index (χ2n) is 4.86. The number of rotatable bonds is 5. The fraction of sp³-hybridized carbons (Fsp3) is 0.357. The maximum absolute atomic E-state index is 11.9. The van der Waals surface area contributed by atoms with E-state index in [1.165, 1.54) is 0 Å². The van der Waals surface area contributed by atoms with Gasteiger partial charge in [-0.1, -0.05) is 0 Å². The first kappa shape index (κ1) is 14.0. The summed E-state index contributed by atoms with van der Waals surface area (Å²) in [6, 6.07) is 5.35. The Morgan fingerprint density at radius 2 is 2.15 bits per heavy atom. The van der Waals surface area contributed by atoms with Gasteiger partial charge in [0.2, 0.25) is 5.91 Å². The van der Waals surface area contributed by atoms with Crippen molar-refractivity contribution in [2.24, 2.45) is 0 Å². The highest BCUT2D eigenvalue weighted by atomic mass is 16.2. The van der Waals surface area contributed by atoms with Crippen molar-refractivity contribution in [2.45, 2.75) is 26.3 Å². The lowest BCUT2D eigenvalue weighted by molar-refractivity contribution is -0.121. The summed E-state index contributed by atoms with van der Waals surface area (Å²) in [6.45, 7) is 4.12. The molecule has 106 valence electrons. The number of nitrogens with one attached hydrogen (secondary N) is 3. The van der Waals surface area contributed by atoms with Crippen LogP contribution in [0.25, 0.3) is 11.0 Å². The monoisotopic (exact) mass is 274 g/mol. The van der Waals surface area contributed by atoms with E-state index in [1.807, 2.05) is 13.8 Å². The molecule has 3 N–H and O–H groups in total. The Morgan fingerprint density at radius 3 is 2.90 bits per heavy atom. The van der Waals surface area contributed by atoms with E-state index >= 15 is 0 Å². The second kappa shape index (κ2) is 6.18. The molecule has 1 aromatic carbocycles. The third kappa shape index (κ3) is 3.57. The van der Waals surface area contributed by atoms with Crippen LogP contribution in [0, 0.1) is 0 Å². The Morgan fingerprint density at radius 1 is 1.35 bits per heavy atom. The molecule has 0 atom stereocenters. The third-order valence-corrected chi connectivity index (χ3v) is 2.77. The molecule has 0 saturated carbocycles. The maximum atomic E-state index is 11.9. The van der Waals surface area contributed by atoms with Gasteiger partial charge in [-0.05, 0) is 32.0 Å². The van der Waals surface area contributed by atoms with Gasteiger partial charge in [0.15, 0.2) is 0 Å². The van der Waals surface area contributed by atoms with Crippen LogP contribution in [0.2, 0.25) is 0 Å². The van der Waals surface area contributed by atoms with Crippen molar-refractivity contribution >= 4 is 22.8 Å². The van der Waals surface area contributed by atoms with Gasteiger partial charge in [0.1, 0.15) is 0 Å². The van der Waals surface area contributed by atoms with Crippen LogP contribution >= 0.6 is 0 Å². The molecule has 20 heavy (non-hydrogen) atoms. The predicted molar refractivity (Wildman–Crippen MR) is 76.3 cm³/mol. The molecular formula is C14H18N4O2. The first-order valence-electron chi connectivity index (χ1n) is 6.57. The van der Waals surface area contributed by atoms with Crippen molar-refractivity contribution in [1.29, 1.82) is 0 Å². The van der Waals surface area contributed by atoms with Crippen LogP contribution < -0.4 is 10.6 Å². The van der Waals surface area contributed by atoms with E-state index in [0.717, 1.165) is 11.0 Å². The Balaban J connectivity index is 1.87. The lowest BCUT2D eigenvalue weighted by atomic mass is 10.2. The van der Waals surface area contributed by atoms with E-state index in [2.05, 4.69) is 20.6 Å². The minimum Gasteiger partial charge on any atom is -0.354 e. The maximum Gasteiger partial charge on any atom is 0.251 e. The molecule has 2 aromatic rings. The largest absolute Gasteiger partial charge is 0.354 e. The zero-order chi connectivity index (χ0) is 14.5. The molecule has 0 saturated heterocycles. The Kier molecular flexibility index (Phi) is 4.34. The number of nitrogens with zero attached hydrogens (tertiary/aromatic N) is 1. The number of hydrogen-bond acceptors (Lipinski definition) is 3. The zero-order valence-electron chi connectivity index (χ0n) is 11.6. The molecule has 6 nitrogen and oxygen atoms in total. The smallest absolute Gasteiger partial charge is 0.251 e.